The van der Waals surface area contributed by atoms with Crippen LogP contribution in [0.2, 0.25) is 0 Å². The lowest BCUT2D eigenvalue weighted by Crippen LogP contribution is -2.18. The maximum absolute atomic E-state index is 12.2. The largest absolute Gasteiger partial charge is 0.395 e. The number of hydrogen-bond acceptors (Lipinski definition) is 3. The van der Waals surface area contributed by atoms with Gasteiger partial charge in [-0.05, 0) is 37.6 Å². The highest BCUT2D eigenvalue weighted by molar-refractivity contribution is 9.10. The molecule has 1 aromatic carbocycles. The summed E-state index contributed by atoms with van der Waals surface area (Å²) in [7, 11) is 1.70. The third-order valence-corrected chi connectivity index (χ3v) is 3.41. The number of benzene rings is 1. The third kappa shape index (κ3) is 2.63. The Bertz CT molecular complexity index is 648. The quantitative estimate of drug-likeness (QED) is 0.892. The molecule has 0 aliphatic heterocycles. The van der Waals surface area contributed by atoms with E-state index in [1.807, 2.05) is 25.1 Å². The number of aryl methyl sites for hydroxylation is 3. The van der Waals surface area contributed by atoms with Crippen LogP contribution in [0.3, 0.4) is 0 Å². The van der Waals surface area contributed by atoms with Gasteiger partial charge in [-0.3, -0.25) is 9.48 Å². The molecule has 1 heterocycles. The molecule has 0 aliphatic rings. The summed E-state index contributed by atoms with van der Waals surface area (Å²) in [6.45, 7) is 3.70. The van der Waals surface area contributed by atoms with Crippen molar-refractivity contribution in [3.63, 3.8) is 0 Å². The van der Waals surface area contributed by atoms with E-state index in [1.165, 1.54) is 4.68 Å². The zero-order chi connectivity index (χ0) is 14.2. The Kier molecular flexibility index (Phi) is 3.61. The lowest BCUT2D eigenvalue weighted by atomic mass is 10.2. The topological polar surface area (TPSA) is 72.9 Å². The van der Waals surface area contributed by atoms with Gasteiger partial charge in [0.25, 0.3) is 5.91 Å². The Labute approximate surface area is 119 Å². The summed E-state index contributed by atoms with van der Waals surface area (Å²) in [4.78, 5) is 12.2. The molecule has 3 N–H and O–H groups in total. The number of nitrogens with two attached hydrogens (primary N) is 1. The second kappa shape index (κ2) is 5.05. The fourth-order valence-corrected chi connectivity index (χ4v) is 2.37. The minimum absolute atomic E-state index is 0.258. The van der Waals surface area contributed by atoms with Gasteiger partial charge in [-0.1, -0.05) is 15.9 Å². The highest BCUT2D eigenvalue weighted by Gasteiger charge is 2.18. The summed E-state index contributed by atoms with van der Waals surface area (Å²) in [5, 5.41) is 6.98. The Morgan fingerprint density at radius 1 is 1.42 bits per heavy atom. The van der Waals surface area contributed by atoms with E-state index in [2.05, 4.69) is 26.3 Å². The van der Waals surface area contributed by atoms with Crippen LogP contribution < -0.4 is 11.1 Å². The number of nitrogens with one attached hydrogen (secondary N) is 1. The molecular formula is C13H15BrN4O. The smallest absolute Gasteiger partial charge is 0.276 e. The Balaban J connectivity index is 2.31. The number of rotatable bonds is 2. The fraction of sp³-hybridized carbons (Fsp3) is 0.231. The Hall–Kier alpha value is -1.82. The Morgan fingerprint density at radius 3 is 2.63 bits per heavy atom. The van der Waals surface area contributed by atoms with E-state index in [1.54, 1.807) is 14.0 Å². The van der Waals surface area contributed by atoms with Crippen LogP contribution in [0.15, 0.2) is 22.7 Å². The minimum atomic E-state index is -0.258. The van der Waals surface area contributed by atoms with Crippen molar-refractivity contribution < 1.29 is 4.79 Å². The maximum atomic E-state index is 12.2. The molecule has 1 amide bonds. The molecule has 0 radical (unpaired) electrons. The maximum Gasteiger partial charge on any atom is 0.276 e. The van der Waals surface area contributed by atoms with Crippen molar-refractivity contribution in [1.29, 1.82) is 0 Å². The van der Waals surface area contributed by atoms with Gasteiger partial charge < -0.3 is 11.1 Å². The molecule has 2 rings (SSSR count). The van der Waals surface area contributed by atoms with Gasteiger partial charge in [0, 0.05) is 17.2 Å². The average molecular weight is 323 g/mol. The molecule has 19 heavy (non-hydrogen) atoms. The monoisotopic (exact) mass is 322 g/mol. The lowest BCUT2D eigenvalue weighted by molar-refractivity contribution is 0.101. The van der Waals surface area contributed by atoms with Gasteiger partial charge in [-0.25, -0.2) is 0 Å². The summed E-state index contributed by atoms with van der Waals surface area (Å²) >= 11 is 3.39. The van der Waals surface area contributed by atoms with Crippen LogP contribution in [0.25, 0.3) is 0 Å². The molecule has 0 aliphatic carbocycles. The van der Waals surface area contributed by atoms with Gasteiger partial charge in [0.1, 0.15) is 5.69 Å². The standard InChI is InChI=1S/C13H15BrN4O/c1-7-6-9(14)4-5-10(7)16-13(19)12-11(15)8(2)17-18(12)3/h4-6H,15H2,1-3H3,(H,16,19). The SMILES string of the molecule is Cc1cc(Br)ccc1NC(=O)c1c(N)c(C)nn1C. The summed E-state index contributed by atoms with van der Waals surface area (Å²) in [5.41, 5.74) is 9.04. The van der Waals surface area contributed by atoms with Crippen molar-refractivity contribution in [1.82, 2.24) is 9.78 Å². The van der Waals surface area contributed by atoms with Crippen molar-refractivity contribution in [3.05, 3.63) is 39.6 Å². The first-order valence-electron chi connectivity index (χ1n) is 5.76. The molecule has 2 aromatic rings. The number of halogens is 1. The molecule has 0 saturated carbocycles. The first-order valence-corrected chi connectivity index (χ1v) is 6.56. The van der Waals surface area contributed by atoms with E-state index in [0.29, 0.717) is 17.1 Å². The molecule has 0 bridgehead atoms. The van der Waals surface area contributed by atoms with E-state index in [0.717, 1.165) is 15.7 Å². The van der Waals surface area contributed by atoms with Crippen LogP contribution in [0, 0.1) is 13.8 Å². The Morgan fingerprint density at radius 2 is 2.11 bits per heavy atom. The molecule has 5 nitrogen and oxygen atoms in total. The summed E-state index contributed by atoms with van der Waals surface area (Å²) in [6.07, 6.45) is 0. The van der Waals surface area contributed by atoms with E-state index in [9.17, 15) is 4.79 Å². The molecule has 0 fully saturated rings. The number of hydrogen-bond donors (Lipinski definition) is 2. The van der Waals surface area contributed by atoms with Gasteiger partial charge in [0.2, 0.25) is 0 Å². The second-order valence-electron chi connectivity index (χ2n) is 4.38. The molecule has 0 spiro atoms. The fourth-order valence-electron chi connectivity index (χ4n) is 1.89. The molecule has 6 heteroatoms. The normalized spacial score (nSPS) is 10.5. The summed E-state index contributed by atoms with van der Waals surface area (Å²) < 4.78 is 2.47. The van der Waals surface area contributed by atoms with Crippen molar-refractivity contribution in [2.24, 2.45) is 7.05 Å². The third-order valence-electron chi connectivity index (χ3n) is 2.92. The predicted octanol–water partition coefficient (Wildman–Crippen LogP) is 2.63. The van der Waals surface area contributed by atoms with Crippen LogP contribution in [-0.2, 0) is 7.05 Å². The van der Waals surface area contributed by atoms with Crippen LogP contribution in [0.5, 0.6) is 0 Å². The number of aromatic nitrogens is 2. The molecule has 100 valence electrons. The number of nitrogen functional groups attached to an aromatic ring is 1. The molecule has 0 atom stereocenters. The van der Waals surface area contributed by atoms with Crippen LogP contribution in [0.4, 0.5) is 11.4 Å². The zero-order valence-corrected chi connectivity index (χ0v) is 12.6. The van der Waals surface area contributed by atoms with Crippen molar-refractivity contribution in [2.45, 2.75) is 13.8 Å². The number of carbonyl (C=O) groups excluding carboxylic acids is 1. The van der Waals surface area contributed by atoms with E-state index < -0.39 is 0 Å². The second-order valence-corrected chi connectivity index (χ2v) is 5.30. The average Bonchev–Trinajstić information content (AvgIpc) is 2.57. The first kappa shape index (κ1) is 13.6. The van der Waals surface area contributed by atoms with Gasteiger partial charge in [-0.2, -0.15) is 5.10 Å². The van der Waals surface area contributed by atoms with Crippen molar-refractivity contribution >= 4 is 33.2 Å². The number of nitrogens with zero attached hydrogens (tertiary/aromatic N) is 2. The number of carbonyl (C=O) groups is 1. The lowest BCUT2D eigenvalue weighted by Gasteiger charge is -2.09. The van der Waals surface area contributed by atoms with Gasteiger partial charge in [-0.15, -0.1) is 0 Å². The molecule has 1 aromatic heterocycles. The minimum Gasteiger partial charge on any atom is -0.395 e. The van der Waals surface area contributed by atoms with Crippen molar-refractivity contribution in [2.75, 3.05) is 11.1 Å². The van der Waals surface area contributed by atoms with Gasteiger partial charge >= 0.3 is 0 Å². The molecular weight excluding hydrogens is 308 g/mol. The van der Waals surface area contributed by atoms with E-state index in [-0.39, 0.29) is 5.91 Å². The highest BCUT2D eigenvalue weighted by Crippen LogP contribution is 2.22. The highest BCUT2D eigenvalue weighted by atomic mass is 79.9. The molecule has 0 unspecified atom stereocenters. The number of anilines is 2. The van der Waals surface area contributed by atoms with Crippen LogP contribution in [0.1, 0.15) is 21.7 Å². The summed E-state index contributed by atoms with van der Waals surface area (Å²) in [6, 6.07) is 5.66. The van der Waals surface area contributed by atoms with Gasteiger partial charge in [0.15, 0.2) is 0 Å². The van der Waals surface area contributed by atoms with Crippen LogP contribution >= 0.6 is 15.9 Å². The first-order chi connectivity index (χ1) is 8.90. The van der Waals surface area contributed by atoms with Gasteiger partial charge in [0.05, 0.1) is 11.4 Å². The summed E-state index contributed by atoms with van der Waals surface area (Å²) in [5.74, 6) is -0.258. The van der Waals surface area contributed by atoms with E-state index in [4.69, 9.17) is 5.73 Å². The van der Waals surface area contributed by atoms with E-state index >= 15 is 0 Å². The predicted molar refractivity (Wildman–Crippen MR) is 79.2 cm³/mol. The number of amides is 1. The molecule has 0 saturated heterocycles. The van der Waals surface area contributed by atoms with Crippen molar-refractivity contribution in [3.8, 4) is 0 Å². The van der Waals surface area contributed by atoms with Crippen LogP contribution in [-0.4, -0.2) is 15.7 Å². The zero-order valence-electron chi connectivity index (χ0n) is 11.0.